The number of aliphatic hydroxyl groups excluding tert-OH is 1. The van der Waals surface area contributed by atoms with Crippen molar-refractivity contribution in [3.63, 3.8) is 0 Å². The fraction of sp³-hybridized carbons (Fsp3) is 0.785. The zero-order valence-electron chi connectivity index (χ0n) is 59.9. The highest BCUT2D eigenvalue weighted by Crippen LogP contribution is 2.22. The number of hydrogen-bond donors (Lipinski definition) is 17. The van der Waals surface area contributed by atoms with E-state index < -0.39 is 181 Å². The minimum absolute atomic E-state index is 0.00821. The predicted octanol–water partition coefficient (Wildman–Crippen LogP) is -2.51. The van der Waals surface area contributed by atoms with E-state index in [9.17, 15) is 67.4 Å². The molecule has 13 atom stereocenters. The lowest BCUT2D eigenvalue weighted by Crippen LogP contribution is -2.60. The maximum absolute atomic E-state index is 14.3. The molecule has 1 fully saturated rings. The van der Waals surface area contributed by atoms with Gasteiger partial charge >= 0.3 is 0 Å². The third-order valence-electron chi connectivity index (χ3n) is 16.6. The first-order chi connectivity index (χ1) is 45.4. The summed E-state index contributed by atoms with van der Waals surface area (Å²) in [6.07, 6.45) is 4.08. The number of nitrogens with two attached hydrogens (primary N) is 5. The van der Waals surface area contributed by atoms with E-state index in [0.29, 0.717) is 51.5 Å². The molecule has 1 aliphatic heterocycles. The molecule has 1 rings (SSSR count). The first-order valence-electron chi connectivity index (χ1n) is 34.4. The van der Waals surface area contributed by atoms with Gasteiger partial charge in [-0.15, -0.1) is 0 Å². The molecule has 0 aromatic rings. The van der Waals surface area contributed by atoms with Crippen molar-refractivity contribution in [3.8, 4) is 0 Å². The number of amides is 13. The molecule has 554 valence electrons. The molecule has 0 saturated carbocycles. The Bertz CT molecular complexity index is 2620. The van der Waals surface area contributed by atoms with Gasteiger partial charge in [0.25, 0.3) is 0 Å². The average molecular weight is 1380 g/mol. The van der Waals surface area contributed by atoms with Gasteiger partial charge in [0, 0.05) is 13.1 Å². The number of likely N-dealkylation sites (tertiary alicyclic amines) is 1. The van der Waals surface area contributed by atoms with Crippen molar-refractivity contribution in [2.75, 3.05) is 39.3 Å². The molecular weight excluding hydrogens is 1260 g/mol. The second-order valence-corrected chi connectivity index (χ2v) is 27.5. The van der Waals surface area contributed by atoms with Gasteiger partial charge in [-0.25, -0.2) is 0 Å². The van der Waals surface area contributed by atoms with Crippen LogP contribution in [-0.2, 0) is 62.3 Å². The van der Waals surface area contributed by atoms with E-state index >= 15 is 0 Å². The fourth-order valence-corrected chi connectivity index (χ4v) is 10.8. The second kappa shape index (κ2) is 45.0. The van der Waals surface area contributed by atoms with Crippen molar-refractivity contribution in [2.24, 2.45) is 75.1 Å². The van der Waals surface area contributed by atoms with Gasteiger partial charge < -0.3 is 97.2 Å². The molecule has 0 spiro atoms. The van der Waals surface area contributed by atoms with Crippen LogP contribution in [0, 0.1) is 41.4 Å². The first-order valence-corrected chi connectivity index (χ1v) is 34.4. The fourth-order valence-electron chi connectivity index (χ4n) is 10.8. The lowest BCUT2D eigenvalue weighted by Gasteiger charge is -2.31. The van der Waals surface area contributed by atoms with E-state index in [1.165, 1.54) is 4.90 Å². The van der Waals surface area contributed by atoms with Gasteiger partial charge in [0.05, 0.1) is 25.7 Å². The van der Waals surface area contributed by atoms with Crippen LogP contribution in [0.25, 0.3) is 0 Å². The molecule has 0 aromatic heterocycles. The van der Waals surface area contributed by atoms with Gasteiger partial charge in [0.1, 0.15) is 60.4 Å². The smallest absolute Gasteiger partial charge is 0.245 e. The molecule has 0 radical (unpaired) electrons. The van der Waals surface area contributed by atoms with Crippen LogP contribution >= 0.6 is 0 Å². The van der Waals surface area contributed by atoms with E-state index in [1.807, 2.05) is 41.5 Å². The van der Waals surface area contributed by atoms with Crippen molar-refractivity contribution in [1.82, 2.24) is 63.4 Å². The summed E-state index contributed by atoms with van der Waals surface area (Å²) in [5.41, 5.74) is 28.4. The summed E-state index contributed by atoms with van der Waals surface area (Å²) in [6.45, 7) is 23.4. The molecule has 0 bridgehead atoms. The number of rotatable bonds is 46. The van der Waals surface area contributed by atoms with Gasteiger partial charge in [-0.1, -0.05) is 116 Å². The maximum Gasteiger partial charge on any atom is 0.245 e. The highest BCUT2D eigenvalue weighted by molar-refractivity contribution is 5.99. The monoisotopic (exact) mass is 1380 g/mol. The van der Waals surface area contributed by atoms with Crippen molar-refractivity contribution < 1.29 is 67.4 Å². The molecule has 1 saturated heterocycles. The molecule has 13 amide bonds. The van der Waals surface area contributed by atoms with Gasteiger partial charge in [0.2, 0.25) is 76.8 Å². The predicted molar refractivity (Wildman–Crippen MR) is 367 cm³/mol. The molecule has 1 heterocycles. The molecule has 0 aliphatic carbocycles. The number of guanidine groups is 1. The second-order valence-electron chi connectivity index (χ2n) is 27.5. The molecule has 0 unspecified atom stereocenters. The quantitative estimate of drug-likeness (QED) is 0.0170. The van der Waals surface area contributed by atoms with Crippen LogP contribution < -0.4 is 87.2 Å². The van der Waals surface area contributed by atoms with Crippen molar-refractivity contribution in [3.05, 3.63) is 0 Å². The number of aliphatic imine (C=N–C) groups is 1. The van der Waals surface area contributed by atoms with Gasteiger partial charge in [0.15, 0.2) is 5.96 Å². The van der Waals surface area contributed by atoms with Crippen molar-refractivity contribution in [1.29, 1.82) is 0 Å². The Morgan fingerprint density at radius 2 is 0.938 bits per heavy atom. The number of hydrogen-bond acceptors (Lipinski definition) is 17. The van der Waals surface area contributed by atoms with E-state index in [-0.39, 0.29) is 81.2 Å². The van der Waals surface area contributed by atoms with Crippen LogP contribution in [-0.4, -0.2) is 199 Å². The van der Waals surface area contributed by atoms with Crippen LogP contribution in [0.1, 0.15) is 180 Å². The third kappa shape index (κ3) is 32.5. The summed E-state index contributed by atoms with van der Waals surface area (Å²) in [4.78, 5) is 183. The summed E-state index contributed by atoms with van der Waals surface area (Å²) >= 11 is 0. The molecule has 97 heavy (non-hydrogen) atoms. The lowest BCUT2D eigenvalue weighted by atomic mass is 9.96. The van der Waals surface area contributed by atoms with Crippen molar-refractivity contribution >= 4 is 82.8 Å². The third-order valence-corrected chi connectivity index (χ3v) is 16.6. The Morgan fingerprint density at radius 1 is 0.485 bits per heavy atom. The minimum Gasteiger partial charge on any atom is -0.394 e. The molecule has 0 aromatic carbocycles. The lowest BCUT2D eigenvalue weighted by molar-refractivity contribution is -0.142. The molecule has 32 heteroatoms. The Balaban J connectivity index is 3.32. The molecule has 32 nitrogen and oxygen atoms in total. The Labute approximate surface area is 572 Å². The number of nitrogens with zero attached hydrogens (tertiary/aromatic N) is 2. The van der Waals surface area contributed by atoms with E-state index in [4.69, 9.17) is 28.7 Å². The Morgan fingerprint density at radius 3 is 1.45 bits per heavy atom. The van der Waals surface area contributed by atoms with Crippen LogP contribution in [0.3, 0.4) is 0 Å². The number of carbonyl (C=O) groups excluding carboxylic acids is 13. The number of nitrogens with one attached hydrogen (secondary N) is 11. The highest BCUT2D eigenvalue weighted by atomic mass is 16.3. The minimum atomic E-state index is -1.63. The van der Waals surface area contributed by atoms with E-state index in [1.54, 1.807) is 55.4 Å². The van der Waals surface area contributed by atoms with Crippen LogP contribution in [0.2, 0.25) is 0 Å². The van der Waals surface area contributed by atoms with Gasteiger partial charge in [-0.3, -0.25) is 67.3 Å². The molecule has 22 N–H and O–H groups in total. The number of aliphatic hydroxyl groups is 1. The standard InChI is InChI=1S/C65H120N18O14/c1-15-39(13)52(82-59(92)45(29-36(7)8)76-60(93)48-23-20-26-83(48)64(97)46(30-37(9)10)78-55(88)41(67)21-17-18-24-66)61(94)73-31-49(85)74-42(22-19-25-71-65(69)70)57(90)81-51(38(11)12)62(95)77-44(28-35(5)6)58(91)79-47(33-84)56(89)72-32-50(86)80-53(40(14)16-2)63(96)75-43(54(68)87)27-34(3)4/h34-48,51-53,84H,15-33,66-67H2,1-14H3,(H2,68,87)(H,72,89)(H,73,94)(H,74,85)(H,75,96)(H,76,93)(H,77,95)(H,78,88)(H,79,91)(H,80,86)(H,81,90)(H,82,92)(H4,69,70,71)/t39-,40-,41-,42-,43-,44-,45-,46-,47-,48-,51-,52-,53-/m0/s1. The number of unbranched alkanes of at least 4 members (excludes halogenated alkanes) is 1. The molecular formula is C65H120N18O14. The Hall–Kier alpha value is -7.74. The first kappa shape index (κ1) is 87.3. The Kier molecular flexibility index (Phi) is 40.5. The summed E-state index contributed by atoms with van der Waals surface area (Å²) in [5, 5.41) is 39.0. The van der Waals surface area contributed by atoms with E-state index in [2.05, 4.69) is 63.5 Å². The number of carbonyl (C=O) groups is 13. The summed E-state index contributed by atoms with van der Waals surface area (Å²) in [7, 11) is 0. The summed E-state index contributed by atoms with van der Waals surface area (Å²) in [5.74, 6) is -11.7. The van der Waals surface area contributed by atoms with Crippen LogP contribution in [0.5, 0.6) is 0 Å². The van der Waals surface area contributed by atoms with Crippen molar-refractivity contribution in [2.45, 2.75) is 247 Å². The zero-order chi connectivity index (χ0) is 74.0. The highest BCUT2D eigenvalue weighted by Gasteiger charge is 2.41. The SMILES string of the molecule is CC[C@H](C)[C@H](NC(=O)CNC(=O)[C@H](CO)NC(=O)[C@H](CC(C)C)NC(=O)[C@@H](NC(=O)[C@H](CCCN=C(N)N)NC(=O)CNC(=O)[C@@H](NC(=O)[C@H](CC(C)C)NC(=O)[C@@H]1CCCN1C(=O)[C@H](CC(C)C)NC(=O)[C@@H](N)CCCCN)[C@@H](C)CC)C(C)C)C(=O)N[C@@H](CC(C)C)C(N)=O. The largest absolute Gasteiger partial charge is 0.394 e. The van der Waals surface area contributed by atoms with Gasteiger partial charge in [-0.2, -0.15) is 0 Å². The maximum atomic E-state index is 14.3. The van der Waals surface area contributed by atoms with Crippen LogP contribution in [0.4, 0.5) is 0 Å². The number of primary amides is 1. The average Bonchev–Trinajstić information content (AvgIpc) is 1.75. The summed E-state index contributed by atoms with van der Waals surface area (Å²) in [6, 6.07) is -13.0. The van der Waals surface area contributed by atoms with Gasteiger partial charge in [-0.05, 0) is 112 Å². The van der Waals surface area contributed by atoms with Crippen LogP contribution in [0.15, 0.2) is 4.99 Å². The normalized spacial score (nSPS) is 16.7. The summed E-state index contributed by atoms with van der Waals surface area (Å²) < 4.78 is 0. The molecule has 1 aliphatic rings. The van der Waals surface area contributed by atoms with E-state index in [0.717, 1.165) is 0 Å². The zero-order valence-corrected chi connectivity index (χ0v) is 59.9. The topological polar surface area (TPSA) is 520 Å².